The number of carboxylic acids is 1. The highest BCUT2D eigenvalue weighted by Gasteiger charge is 2.45. The number of carbonyl (C=O) groups excluding carboxylic acids is 1. The van der Waals surface area contributed by atoms with Crippen LogP contribution in [0.5, 0.6) is 0 Å². The Labute approximate surface area is 143 Å². The van der Waals surface area contributed by atoms with Gasteiger partial charge in [0.15, 0.2) is 15.6 Å². The van der Waals surface area contributed by atoms with Crippen molar-refractivity contribution in [1.82, 2.24) is 4.90 Å². The molecule has 6 nitrogen and oxygen atoms in total. The van der Waals surface area contributed by atoms with Gasteiger partial charge in [-0.1, -0.05) is 12.1 Å². The third-order valence-corrected chi connectivity index (χ3v) is 6.67. The van der Waals surface area contributed by atoms with Crippen LogP contribution in [0.2, 0.25) is 0 Å². The number of aliphatic carboxylic acids is 1. The van der Waals surface area contributed by atoms with E-state index >= 15 is 0 Å². The molecule has 0 fully saturated rings. The molecule has 0 aromatic carbocycles. The molecule has 1 N–H and O–H groups in total. The summed E-state index contributed by atoms with van der Waals surface area (Å²) in [5, 5.41) is 11.0. The molecule has 0 saturated heterocycles. The summed E-state index contributed by atoms with van der Waals surface area (Å²) >= 11 is 1.23. The van der Waals surface area contributed by atoms with E-state index in [0.717, 1.165) is 0 Å². The Balaban J connectivity index is 2.13. The van der Waals surface area contributed by atoms with E-state index < -0.39 is 21.8 Å². The van der Waals surface area contributed by atoms with Crippen molar-refractivity contribution in [3.05, 3.63) is 57.3 Å². The van der Waals surface area contributed by atoms with Gasteiger partial charge < -0.3 is 10.0 Å². The second kappa shape index (κ2) is 6.03. The van der Waals surface area contributed by atoms with Gasteiger partial charge in [-0.3, -0.25) is 4.79 Å². The molecular formula is C16H15NO5S2. The zero-order valence-corrected chi connectivity index (χ0v) is 14.3. The van der Waals surface area contributed by atoms with Crippen LogP contribution < -0.4 is 0 Å². The molecule has 2 aliphatic rings. The van der Waals surface area contributed by atoms with Crippen LogP contribution in [0.25, 0.3) is 0 Å². The molecule has 1 aromatic heterocycles. The summed E-state index contributed by atoms with van der Waals surface area (Å²) in [5.41, 5.74) is 0.461. The maximum absolute atomic E-state index is 12.9. The van der Waals surface area contributed by atoms with Crippen LogP contribution in [-0.2, 0) is 14.6 Å². The Bertz CT molecular complexity index is 878. The SMILES string of the molecule is C=CCS(=O)(=O)C1=CC2=C(C(=O)O)CCN2C1C(=O)c1cccs1. The van der Waals surface area contributed by atoms with Gasteiger partial charge in [-0.25, -0.2) is 13.2 Å². The lowest BCUT2D eigenvalue weighted by molar-refractivity contribution is -0.132. The van der Waals surface area contributed by atoms with E-state index in [2.05, 4.69) is 6.58 Å². The molecule has 3 rings (SSSR count). The number of nitrogens with zero attached hydrogens (tertiary/aromatic N) is 1. The average molecular weight is 365 g/mol. The Morgan fingerprint density at radius 2 is 2.21 bits per heavy atom. The summed E-state index contributed by atoms with van der Waals surface area (Å²) in [5.74, 6) is -1.71. The average Bonchev–Trinajstić information content (AvgIpc) is 3.22. The van der Waals surface area contributed by atoms with Gasteiger partial charge in [0.05, 0.1) is 21.1 Å². The predicted molar refractivity (Wildman–Crippen MR) is 90.5 cm³/mol. The monoisotopic (exact) mass is 365 g/mol. The van der Waals surface area contributed by atoms with E-state index in [1.54, 1.807) is 22.4 Å². The molecule has 0 saturated carbocycles. The summed E-state index contributed by atoms with van der Waals surface area (Å²) < 4.78 is 25.1. The molecule has 0 amide bonds. The third-order valence-electron chi connectivity index (χ3n) is 4.05. The fraction of sp³-hybridized carbons (Fsp3) is 0.250. The first-order valence-corrected chi connectivity index (χ1v) is 9.76. The van der Waals surface area contributed by atoms with E-state index in [-0.39, 0.29) is 28.4 Å². The third kappa shape index (κ3) is 2.61. The van der Waals surface area contributed by atoms with Crippen LogP contribution >= 0.6 is 11.3 Å². The fourth-order valence-electron chi connectivity index (χ4n) is 3.01. The maximum Gasteiger partial charge on any atom is 0.333 e. The van der Waals surface area contributed by atoms with E-state index in [9.17, 15) is 23.1 Å². The van der Waals surface area contributed by atoms with Crippen molar-refractivity contribution in [2.75, 3.05) is 12.3 Å². The number of carboxylic acid groups (broad SMARTS) is 1. The topological polar surface area (TPSA) is 91.8 Å². The van der Waals surface area contributed by atoms with Crippen LogP contribution in [0, 0.1) is 0 Å². The van der Waals surface area contributed by atoms with Gasteiger partial charge in [0, 0.05) is 12.2 Å². The molecule has 3 heterocycles. The summed E-state index contributed by atoms with van der Waals surface area (Å²) in [7, 11) is -3.73. The summed E-state index contributed by atoms with van der Waals surface area (Å²) in [6.45, 7) is 3.75. The molecule has 2 aliphatic heterocycles. The number of fused-ring (bicyclic) bond motifs is 1. The molecule has 24 heavy (non-hydrogen) atoms. The first-order valence-electron chi connectivity index (χ1n) is 7.23. The summed E-state index contributed by atoms with van der Waals surface area (Å²) in [6, 6.07) is 2.36. The van der Waals surface area contributed by atoms with Crippen LogP contribution in [0.1, 0.15) is 16.1 Å². The number of carbonyl (C=O) groups is 2. The quantitative estimate of drug-likeness (QED) is 0.611. The Hall–Kier alpha value is -2.19. The van der Waals surface area contributed by atoms with Crippen molar-refractivity contribution in [3.63, 3.8) is 0 Å². The van der Waals surface area contributed by atoms with Crippen molar-refractivity contribution in [2.45, 2.75) is 12.5 Å². The lowest BCUT2D eigenvalue weighted by atomic mass is 10.1. The van der Waals surface area contributed by atoms with Crippen LogP contribution in [0.15, 0.2) is 52.4 Å². The predicted octanol–water partition coefficient (Wildman–Crippen LogP) is 1.84. The number of rotatable bonds is 6. The van der Waals surface area contributed by atoms with Crippen LogP contribution in [0.4, 0.5) is 0 Å². The molecule has 1 atom stereocenters. The molecule has 0 bridgehead atoms. The van der Waals surface area contributed by atoms with Crippen LogP contribution in [-0.4, -0.2) is 48.5 Å². The van der Waals surface area contributed by atoms with Crippen molar-refractivity contribution < 1.29 is 23.1 Å². The number of allylic oxidation sites excluding steroid dienone is 1. The Morgan fingerprint density at radius 3 is 2.79 bits per heavy atom. The van der Waals surface area contributed by atoms with Gasteiger partial charge in [0.2, 0.25) is 0 Å². The zero-order valence-electron chi connectivity index (χ0n) is 12.6. The normalized spacial score (nSPS) is 20.1. The van der Waals surface area contributed by atoms with E-state index in [1.165, 1.54) is 23.5 Å². The van der Waals surface area contributed by atoms with Gasteiger partial charge in [0.1, 0.15) is 6.04 Å². The van der Waals surface area contributed by atoms with E-state index in [1.807, 2.05) is 0 Å². The molecule has 8 heteroatoms. The zero-order chi connectivity index (χ0) is 17.5. The van der Waals surface area contributed by atoms with Crippen molar-refractivity contribution in [1.29, 1.82) is 0 Å². The van der Waals surface area contributed by atoms with Gasteiger partial charge >= 0.3 is 5.97 Å². The molecular weight excluding hydrogens is 350 g/mol. The smallest absolute Gasteiger partial charge is 0.333 e. The Kier molecular flexibility index (Phi) is 4.18. The van der Waals surface area contributed by atoms with E-state index in [0.29, 0.717) is 17.1 Å². The van der Waals surface area contributed by atoms with Crippen LogP contribution in [0.3, 0.4) is 0 Å². The van der Waals surface area contributed by atoms with Crippen molar-refractivity contribution in [3.8, 4) is 0 Å². The molecule has 0 radical (unpaired) electrons. The standard InChI is InChI=1S/C16H15NO5S2/c1-2-8-24(21,22)13-9-11-10(16(19)20)5-6-17(11)14(13)15(18)12-4-3-7-23-12/h2-4,7,9,14H,1,5-6,8H2,(H,19,20). The van der Waals surface area contributed by atoms with Gasteiger partial charge in [-0.05, 0) is 23.9 Å². The number of hydrogen-bond donors (Lipinski definition) is 1. The van der Waals surface area contributed by atoms with E-state index in [4.69, 9.17) is 0 Å². The molecule has 1 unspecified atom stereocenters. The summed E-state index contributed by atoms with van der Waals surface area (Å²) in [4.78, 5) is 26.2. The minimum Gasteiger partial charge on any atom is -0.478 e. The first-order chi connectivity index (χ1) is 11.4. The minimum atomic E-state index is -3.73. The highest BCUT2D eigenvalue weighted by molar-refractivity contribution is 7.95. The Morgan fingerprint density at radius 1 is 1.46 bits per heavy atom. The number of thiophene rings is 1. The minimum absolute atomic E-state index is 0.0470. The molecule has 126 valence electrons. The highest BCUT2D eigenvalue weighted by Crippen LogP contribution is 2.39. The van der Waals surface area contributed by atoms with Gasteiger partial charge in [0.25, 0.3) is 0 Å². The number of sulfone groups is 1. The lowest BCUT2D eigenvalue weighted by Gasteiger charge is -2.24. The second-order valence-corrected chi connectivity index (χ2v) is 8.46. The molecule has 0 aliphatic carbocycles. The number of hydrogen-bond acceptors (Lipinski definition) is 6. The first kappa shape index (κ1) is 16.7. The van der Waals surface area contributed by atoms with Crippen molar-refractivity contribution >= 4 is 32.9 Å². The molecule has 1 aromatic rings. The number of ketones is 1. The second-order valence-electron chi connectivity index (χ2n) is 5.47. The maximum atomic E-state index is 12.9. The largest absolute Gasteiger partial charge is 0.478 e. The van der Waals surface area contributed by atoms with Gasteiger partial charge in [-0.2, -0.15) is 0 Å². The lowest BCUT2D eigenvalue weighted by Crippen LogP contribution is -2.38. The summed E-state index contributed by atoms with van der Waals surface area (Å²) in [6.07, 6.45) is 2.88. The van der Waals surface area contributed by atoms with Gasteiger partial charge in [-0.15, -0.1) is 17.9 Å². The fourth-order valence-corrected chi connectivity index (χ4v) is 5.07. The highest BCUT2D eigenvalue weighted by atomic mass is 32.2. The molecule has 0 spiro atoms. The number of Topliss-reactive ketones (excluding diaryl/α,β-unsaturated/α-hetero) is 1. The van der Waals surface area contributed by atoms with Crippen molar-refractivity contribution in [2.24, 2.45) is 0 Å².